The number of alkyl halides is 2. The molecule has 0 aromatic heterocycles. The first-order valence-electron chi connectivity index (χ1n) is 5.98. The van der Waals surface area contributed by atoms with Crippen molar-refractivity contribution in [3.63, 3.8) is 0 Å². The van der Waals surface area contributed by atoms with Gasteiger partial charge in [-0.3, -0.25) is 0 Å². The van der Waals surface area contributed by atoms with Crippen LogP contribution in [0.3, 0.4) is 0 Å². The van der Waals surface area contributed by atoms with Crippen molar-refractivity contribution < 1.29 is 0 Å². The zero-order chi connectivity index (χ0) is 9.60. The van der Waals surface area contributed by atoms with Crippen molar-refractivity contribution in [1.82, 2.24) is 0 Å². The molecule has 0 aliphatic heterocycles. The number of hydrogen-bond acceptors (Lipinski definition) is 0. The van der Waals surface area contributed by atoms with Gasteiger partial charge >= 0.3 is 0 Å². The molecule has 0 N–H and O–H groups in total. The lowest BCUT2D eigenvalue weighted by Crippen LogP contribution is -2.42. The Bertz CT molecular complexity index is 291. The smallest absolute Gasteiger partial charge is 0.0346 e. The molecule has 2 unspecified atom stereocenters. The number of hydrogen-bond donors (Lipinski definition) is 0. The fourth-order valence-electron chi connectivity index (χ4n) is 5.27. The minimum atomic E-state index is 0.549. The van der Waals surface area contributed by atoms with Crippen molar-refractivity contribution >= 4 is 31.9 Å². The molecule has 5 fully saturated rings. The van der Waals surface area contributed by atoms with Crippen LogP contribution in [0.15, 0.2) is 0 Å². The molecule has 5 aliphatic rings. The normalized spacial score (nSPS) is 69.0. The van der Waals surface area contributed by atoms with Gasteiger partial charge in [-0.1, -0.05) is 44.7 Å². The Labute approximate surface area is 102 Å². The summed E-state index contributed by atoms with van der Waals surface area (Å²) < 4.78 is 1.11. The lowest BCUT2D eigenvalue weighted by Gasteiger charge is -2.42. The van der Waals surface area contributed by atoms with Crippen LogP contribution in [0.5, 0.6) is 0 Å². The summed E-state index contributed by atoms with van der Waals surface area (Å²) >= 11 is 8.05. The van der Waals surface area contributed by atoms with E-state index >= 15 is 0 Å². The Morgan fingerprint density at radius 2 is 1.43 bits per heavy atom. The first kappa shape index (κ1) is 9.04. The maximum absolute atomic E-state index is 4.09. The van der Waals surface area contributed by atoms with Crippen LogP contribution in [0.4, 0.5) is 0 Å². The summed E-state index contributed by atoms with van der Waals surface area (Å²) in [5.74, 6) is 2.19. The van der Waals surface area contributed by atoms with Crippen molar-refractivity contribution in [3.05, 3.63) is 0 Å². The zero-order valence-electron chi connectivity index (χ0n) is 8.36. The number of rotatable bonds is 0. The van der Waals surface area contributed by atoms with Crippen molar-refractivity contribution in [1.29, 1.82) is 0 Å². The zero-order valence-corrected chi connectivity index (χ0v) is 11.5. The minimum Gasteiger partial charge on any atom is -0.0852 e. The van der Waals surface area contributed by atoms with Crippen LogP contribution >= 0.6 is 31.9 Å². The Morgan fingerprint density at radius 1 is 0.857 bits per heavy atom. The summed E-state index contributed by atoms with van der Waals surface area (Å²) in [7, 11) is 0. The van der Waals surface area contributed by atoms with Crippen LogP contribution in [0, 0.1) is 17.3 Å². The SMILES string of the molecule is BrC12CC(Br)(C1)C1(C2)C2CCCCC21. The van der Waals surface area contributed by atoms with Gasteiger partial charge < -0.3 is 0 Å². The van der Waals surface area contributed by atoms with Crippen LogP contribution in [0.1, 0.15) is 44.9 Å². The van der Waals surface area contributed by atoms with Gasteiger partial charge in [-0.15, -0.1) is 0 Å². The highest BCUT2D eigenvalue weighted by molar-refractivity contribution is 9.11. The molecule has 1 spiro atoms. The average Bonchev–Trinajstić information content (AvgIpc) is 2.57. The lowest BCUT2D eigenvalue weighted by molar-refractivity contribution is 0.325. The molecule has 2 atom stereocenters. The third-order valence-electron chi connectivity index (χ3n) is 5.62. The predicted octanol–water partition coefficient (Wildman–Crippen LogP) is 4.26. The molecule has 0 saturated heterocycles. The minimum absolute atomic E-state index is 0.549. The first-order valence-corrected chi connectivity index (χ1v) is 7.56. The molecule has 78 valence electrons. The van der Waals surface area contributed by atoms with E-state index in [2.05, 4.69) is 31.9 Å². The van der Waals surface area contributed by atoms with E-state index in [0.29, 0.717) is 8.65 Å². The van der Waals surface area contributed by atoms with Crippen LogP contribution in [0.25, 0.3) is 0 Å². The van der Waals surface area contributed by atoms with Crippen molar-refractivity contribution in [3.8, 4) is 0 Å². The van der Waals surface area contributed by atoms with E-state index < -0.39 is 0 Å². The third-order valence-corrected chi connectivity index (χ3v) is 7.76. The van der Waals surface area contributed by atoms with Gasteiger partial charge in [0.1, 0.15) is 0 Å². The first-order chi connectivity index (χ1) is 6.60. The summed E-state index contributed by atoms with van der Waals surface area (Å²) in [5.41, 5.74) is 0.743. The van der Waals surface area contributed by atoms with E-state index in [9.17, 15) is 0 Å². The average molecular weight is 320 g/mol. The predicted molar refractivity (Wildman–Crippen MR) is 65.0 cm³/mol. The summed E-state index contributed by atoms with van der Waals surface area (Å²) in [6.45, 7) is 0. The van der Waals surface area contributed by atoms with Crippen molar-refractivity contribution in [2.45, 2.75) is 53.6 Å². The van der Waals surface area contributed by atoms with Gasteiger partial charge in [-0.05, 0) is 49.4 Å². The molecule has 5 rings (SSSR count). The molecule has 0 nitrogen and oxygen atoms in total. The highest BCUT2D eigenvalue weighted by Crippen LogP contribution is 2.87. The van der Waals surface area contributed by atoms with E-state index in [-0.39, 0.29) is 0 Å². The molecule has 14 heavy (non-hydrogen) atoms. The highest BCUT2D eigenvalue weighted by Gasteiger charge is 2.83. The second-order valence-electron chi connectivity index (χ2n) is 6.18. The van der Waals surface area contributed by atoms with E-state index in [1.807, 2.05) is 0 Å². The molecular weight excluding hydrogens is 304 g/mol. The Morgan fingerprint density at radius 3 is 1.86 bits per heavy atom. The van der Waals surface area contributed by atoms with Gasteiger partial charge in [0.05, 0.1) is 0 Å². The van der Waals surface area contributed by atoms with Crippen molar-refractivity contribution in [2.75, 3.05) is 0 Å². The molecule has 0 heterocycles. The number of fused-ring (bicyclic) bond motifs is 1. The lowest BCUT2D eigenvalue weighted by atomic mass is 9.79. The second-order valence-corrected chi connectivity index (χ2v) is 9.38. The summed E-state index contributed by atoms with van der Waals surface area (Å²) in [4.78, 5) is 0. The van der Waals surface area contributed by atoms with Gasteiger partial charge in [0.2, 0.25) is 0 Å². The summed E-state index contributed by atoms with van der Waals surface area (Å²) in [5, 5.41) is 0. The van der Waals surface area contributed by atoms with Crippen LogP contribution in [-0.4, -0.2) is 8.65 Å². The maximum Gasteiger partial charge on any atom is 0.0346 e. The molecule has 0 aromatic rings. The molecule has 5 aliphatic carbocycles. The molecule has 0 aromatic carbocycles. The van der Waals surface area contributed by atoms with Gasteiger partial charge in [-0.2, -0.15) is 0 Å². The van der Waals surface area contributed by atoms with Gasteiger partial charge in [-0.25, -0.2) is 0 Å². The third kappa shape index (κ3) is 0.773. The van der Waals surface area contributed by atoms with Gasteiger partial charge in [0.15, 0.2) is 0 Å². The topological polar surface area (TPSA) is 0 Å². The standard InChI is InChI=1S/C12H16Br2/c13-10-5-11(14,6-10)12(7-10)8-3-1-2-4-9(8)12/h8-9H,1-7H2. The van der Waals surface area contributed by atoms with E-state index in [1.54, 1.807) is 0 Å². The quantitative estimate of drug-likeness (QED) is 0.585. The Kier molecular flexibility index (Phi) is 1.48. The Hall–Kier alpha value is 0.960. The van der Waals surface area contributed by atoms with Crippen LogP contribution in [-0.2, 0) is 0 Å². The molecule has 2 bridgehead atoms. The molecule has 0 amide bonds. The maximum atomic E-state index is 4.09. The molecular formula is C12H16Br2. The van der Waals surface area contributed by atoms with Crippen molar-refractivity contribution in [2.24, 2.45) is 17.3 Å². The van der Waals surface area contributed by atoms with Gasteiger partial charge in [0.25, 0.3) is 0 Å². The fraction of sp³-hybridized carbons (Fsp3) is 1.00. The Balaban J connectivity index is 1.74. The second kappa shape index (κ2) is 2.30. The van der Waals surface area contributed by atoms with E-state index in [0.717, 1.165) is 17.3 Å². The highest BCUT2D eigenvalue weighted by atomic mass is 79.9. The van der Waals surface area contributed by atoms with E-state index in [4.69, 9.17) is 0 Å². The monoisotopic (exact) mass is 318 g/mol. The van der Waals surface area contributed by atoms with Crippen LogP contribution < -0.4 is 0 Å². The fourth-order valence-corrected chi connectivity index (χ4v) is 9.24. The molecule has 5 saturated carbocycles. The van der Waals surface area contributed by atoms with E-state index in [1.165, 1.54) is 44.9 Å². The summed E-state index contributed by atoms with van der Waals surface area (Å²) in [6, 6.07) is 0. The van der Waals surface area contributed by atoms with Crippen LogP contribution in [0.2, 0.25) is 0 Å². The largest absolute Gasteiger partial charge is 0.0852 e. The molecule has 2 heteroatoms. The van der Waals surface area contributed by atoms with Gasteiger partial charge in [0, 0.05) is 8.65 Å². The number of halogens is 2. The molecule has 0 radical (unpaired) electrons. The summed E-state index contributed by atoms with van der Waals surface area (Å²) in [6.07, 6.45) is 10.3.